The number of hydrogen-bond donors (Lipinski definition) is 0. The number of hydrogen-bond acceptors (Lipinski definition) is 4. The minimum absolute atomic E-state index is 0.153. The highest BCUT2D eigenvalue weighted by atomic mass is 32.2. The molecule has 9 heteroatoms. The molecule has 124 valence electrons. The molecular weight excluding hydrogens is 314 g/mol. The Hall–Kier alpha value is -1.06. The lowest BCUT2D eigenvalue weighted by Gasteiger charge is -2.30. The van der Waals surface area contributed by atoms with Gasteiger partial charge in [0, 0.05) is 38.3 Å². The van der Waals surface area contributed by atoms with Crippen molar-refractivity contribution in [1.29, 1.82) is 0 Å². The maximum Gasteiger partial charge on any atom is 0.261 e. The first-order chi connectivity index (χ1) is 10.2. The van der Waals surface area contributed by atoms with Crippen LogP contribution in [0.15, 0.2) is 12.3 Å². The van der Waals surface area contributed by atoms with E-state index in [1.807, 2.05) is 0 Å². The van der Waals surface area contributed by atoms with Crippen molar-refractivity contribution in [3.8, 4) is 0 Å². The van der Waals surface area contributed by atoms with E-state index in [1.54, 1.807) is 21.8 Å². The Balaban J connectivity index is 1.78. The third-order valence-electron chi connectivity index (χ3n) is 4.35. The minimum atomic E-state index is -3.41. The summed E-state index contributed by atoms with van der Waals surface area (Å²) in [6.07, 6.45) is 3.24. The van der Waals surface area contributed by atoms with Gasteiger partial charge in [-0.25, -0.2) is 17.2 Å². The summed E-state index contributed by atoms with van der Waals surface area (Å²) in [5.41, 5.74) is 0.833. The van der Waals surface area contributed by atoms with Crippen LogP contribution in [-0.2, 0) is 23.1 Å². The molecule has 1 aromatic heterocycles. The highest BCUT2D eigenvalue weighted by Gasteiger charge is 2.40. The van der Waals surface area contributed by atoms with Gasteiger partial charge in [-0.2, -0.15) is 9.40 Å². The lowest BCUT2D eigenvalue weighted by Crippen LogP contribution is -2.45. The second-order valence-corrected chi connectivity index (χ2v) is 8.07. The molecule has 3 rings (SSSR count). The Morgan fingerprint density at radius 3 is 2.82 bits per heavy atom. The van der Waals surface area contributed by atoms with Crippen molar-refractivity contribution < 1.29 is 17.2 Å². The minimum Gasteiger partial charge on any atom is -0.296 e. The topological polar surface area (TPSA) is 58.4 Å². The van der Waals surface area contributed by atoms with Crippen LogP contribution in [0.1, 0.15) is 18.5 Å². The molecule has 1 aromatic rings. The van der Waals surface area contributed by atoms with E-state index in [9.17, 15) is 17.2 Å². The van der Waals surface area contributed by atoms with Crippen molar-refractivity contribution in [1.82, 2.24) is 19.0 Å². The summed E-state index contributed by atoms with van der Waals surface area (Å²) in [5, 5.41) is 4.18. The van der Waals surface area contributed by atoms with Crippen molar-refractivity contribution in [3.05, 3.63) is 18.0 Å². The SMILES string of the molecule is CS(=O)(=O)N1Cc2ccnn2CC[C@H]1CN1CCC(F)(F)C1. The fourth-order valence-corrected chi connectivity index (χ4v) is 4.31. The lowest BCUT2D eigenvalue weighted by atomic mass is 10.2. The van der Waals surface area contributed by atoms with Gasteiger partial charge in [0.25, 0.3) is 5.92 Å². The van der Waals surface area contributed by atoms with Crippen molar-refractivity contribution in [2.24, 2.45) is 0 Å². The van der Waals surface area contributed by atoms with Crippen LogP contribution in [-0.4, -0.2) is 65.3 Å². The molecule has 1 atom stereocenters. The zero-order chi connectivity index (χ0) is 16.0. The number of likely N-dealkylation sites (tertiary alicyclic amines) is 1. The van der Waals surface area contributed by atoms with Crippen LogP contribution in [0.2, 0.25) is 0 Å². The van der Waals surface area contributed by atoms with E-state index in [-0.39, 0.29) is 25.6 Å². The molecule has 0 unspecified atom stereocenters. The van der Waals surface area contributed by atoms with Crippen molar-refractivity contribution in [2.75, 3.05) is 25.9 Å². The maximum absolute atomic E-state index is 13.3. The molecule has 2 aliphatic heterocycles. The highest BCUT2D eigenvalue weighted by Crippen LogP contribution is 2.28. The first-order valence-electron chi connectivity index (χ1n) is 7.32. The molecule has 0 amide bonds. The summed E-state index contributed by atoms with van der Waals surface area (Å²) in [6, 6.07) is 1.50. The molecule has 0 aromatic carbocycles. The molecule has 0 aliphatic carbocycles. The third-order valence-corrected chi connectivity index (χ3v) is 5.63. The largest absolute Gasteiger partial charge is 0.296 e. The second kappa shape index (κ2) is 5.54. The predicted molar refractivity (Wildman–Crippen MR) is 77.0 cm³/mol. The molecule has 0 saturated carbocycles. The molecule has 2 aliphatic rings. The summed E-state index contributed by atoms with van der Waals surface area (Å²) in [5.74, 6) is -2.66. The average Bonchev–Trinajstić information content (AvgIpc) is 2.92. The van der Waals surface area contributed by atoms with Crippen LogP contribution in [0.5, 0.6) is 0 Å². The van der Waals surface area contributed by atoms with Crippen LogP contribution in [0.3, 0.4) is 0 Å². The number of halogens is 2. The quantitative estimate of drug-likeness (QED) is 0.819. The molecule has 1 fully saturated rings. The molecule has 0 spiro atoms. The van der Waals surface area contributed by atoms with Crippen LogP contribution < -0.4 is 0 Å². The number of sulfonamides is 1. The molecule has 6 nitrogen and oxygen atoms in total. The number of fused-ring (bicyclic) bond motifs is 1. The first-order valence-corrected chi connectivity index (χ1v) is 9.17. The summed E-state index contributed by atoms with van der Waals surface area (Å²) >= 11 is 0. The van der Waals surface area contributed by atoms with E-state index in [2.05, 4.69) is 5.10 Å². The first kappa shape index (κ1) is 15.8. The predicted octanol–water partition coefficient (Wildman–Crippen LogP) is 0.758. The number of rotatable bonds is 3. The molecule has 0 radical (unpaired) electrons. The molecule has 1 saturated heterocycles. The fraction of sp³-hybridized carbons (Fsp3) is 0.769. The van der Waals surface area contributed by atoms with Gasteiger partial charge in [0.2, 0.25) is 10.0 Å². The van der Waals surface area contributed by atoms with Gasteiger partial charge in [0.1, 0.15) is 0 Å². The number of nitrogens with zero attached hydrogens (tertiary/aromatic N) is 4. The Morgan fingerprint density at radius 1 is 1.41 bits per heavy atom. The molecular formula is C13H20F2N4O2S. The molecule has 0 bridgehead atoms. The molecule has 22 heavy (non-hydrogen) atoms. The van der Waals surface area contributed by atoms with E-state index in [1.165, 1.54) is 10.6 Å². The van der Waals surface area contributed by atoms with Crippen LogP contribution >= 0.6 is 0 Å². The van der Waals surface area contributed by atoms with Gasteiger partial charge in [0.05, 0.1) is 25.0 Å². The third kappa shape index (κ3) is 3.31. The summed E-state index contributed by atoms with van der Waals surface area (Å²) in [6.45, 7) is 1.21. The summed E-state index contributed by atoms with van der Waals surface area (Å²) < 4.78 is 54.1. The second-order valence-electron chi connectivity index (χ2n) is 6.14. The van der Waals surface area contributed by atoms with Gasteiger partial charge in [-0.15, -0.1) is 0 Å². The van der Waals surface area contributed by atoms with Gasteiger partial charge in [-0.05, 0) is 12.5 Å². The smallest absolute Gasteiger partial charge is 0.261 e. The lowest BCUT2D eigenvalue weighted by molar-refractivity contribution is 0.0105. The van der Waals surface area contributed by atoms with Gasteiger partial charge < -0.3 is 0 Å². The Labute approximate surface area is 128 Å². The van der Waals surface area contributed by atoms with Gasteiger partial charge in [-0.3, -0.25) is 9.58 Å². The van der Waals surface area contributed by atoms with Gasteiger partial charge in [0.15, 0.2) is 0 Å². The Morgan fingerprint density at radius 2 is 2.18 bits per heavy atom. The normalized spacial score (nSPS) is 26.8. The monoisotopic (exact) mass is 334 g/mol. The number of alkyl halides is 2. The van der Waals surface area contributed by atoms with Gasteiger partial charge >= 0.3 is 0 Å². The number of aromatic nitrogens is 2. The van der Waals surface area contributed by atoms with E-state index in [4.69, 9.17) is 0 Å². The zero-order valence-electron chi connectivity index (χ0n) is 12.5. The fourth-order valence-electron chi connectivity index (χ4n) is 3.23. The van der Waals surface area contributed by atoms with Crippen molar-refractivity contribution in [3.63, 3.8) is 0 Å². The van der Waals surface area contributed by atoms with Crippen LogP contribution in [0, 0.1) is 0 Å². The Kier molecular flexibility index (Phi) is 3.98. The average molecular weight is 334 g/mol. The molecule has 3 heterocycles. The summed E-state index contributed by atoms with van der Waals surface area (Å²) in [7, 11) is -3.41. The molecule has 0 N–H and O–H groups in total. The van der Waals surface area contributed by atoms with E-state index in [0.29, 0.717) is 26.1 Å². The van der Waals surface area contributed by atoms with Crippen LogP contribution in [0.4, 0.5) is 8.78 Å². The number of aryl methyl sites for hydroxylation is 1. The van der Waals surface area contributed by atoms with Crippen molar-refractivity contribution >= 4 is 10.0 Å². The standard InChI is InChI=1S/C13H20F2N4O2S/c1-22(20,21)19-9-11-2-5-16-18(11)6-3-12(19)8-17-7-4-13(14,15)10-17/h2,5,12H,3-4,6-10H2,1H3/t12-/m0/s1. The summed E-state index contributed by atoms with van der Waals surface area (Å²) in [4.78, 5) is 1.66. The van der Waals surface area contributed by atoms with Crippen molar-refractivity contribution in [2.45, 2.75) is 37.9 Å². The maximum atomic E-state index is 13.3. The van der Waals surface area contributed by atoms with E-state index in [0.717, 1.165) is 5.69 Å². The zero-order valence-corrected chi connectivity index (χ0v) is 13.3. The van der Waals surface area contributed by atoms with Gasteiger partial charge in [-0.1, -0.05) is 0 Å². The van der Waals surface area contributed by atoms with Crippen LogP contribution in [0.25, 0.3) is 0 Å². The van der Waals surface area contributed by atoms with E-state index >= 15 is 0 Å². The van der Waals surface area contributed by atoms with E-state index < -0.39 is 15.9 Å². The Bertz CT molecular complexity index is 646. The highest BCUT2D eigenvalue weighted by molar-refractivity contribution is 7.88.